The number of benzene rings is 2. The minimum atomic E-state index is -0.418. The number of ether oxygens (including phenoxy) is 3. The maximum absolute atomic E-state index is 11.2. The fourth-order valence-electron chi connectivity index (χ4n) is 1.92. The summed E-state index contributed by atoms with van der Waals surface area (Å²) in [4.78, 5) is 11.2. The Kier molecular flexibility index (Phi) is 7.36. The Morgan fingerprint density at radius 1 is 0.885 bits per heavy atom. The van der Waals surface area contributed by atoms with Gasteiger partial charge in [-0.2, -0.15) is 10.2 Å². The molecule has 0 amide bonds. The van der Waals surface area contributed by atoms with Crippen LogP contribution in [-0.4, -0.2) is 25.8 Å². The lowest BCUT2D eigenvalue weighted by Crippen LogP contribution is -2.12. The van der Waals surface area contributed by atoms with Gasteiger partial charge < -0.3 is 14.2 Å². The van der Waals surface area contributed by atoms with Crippen molar-refractivity contribution in [3.05, 3.63) is 60.7 Å². The van der Waals surface area contributed by atoms with Gasteiger partial charge in [0.05, 0.1) is 18.0 Å². The van der Waals surface area contributed by atoms with E-state index in [9.17, 15) is 4.79 Å². The maximum atomic E-state index is 11.2. The van der Waals surface area contributed by atoms with Crippen LogP contribution in [0.2, 0.25) is 0 Å². The molecular formula is C20H22N2O4. The lowest BCUT2D eigenvalue weighted by atomic mass is 10.3. The largest absolute Gasteiger partial charge is 0.494 e. The van der Waals surface area contributed by atoms with Gasteiger partial charge in [0.1, 0.15) is 24.7 Å². The first-order chi connectivity index (χ1) is 12.6. The quantitative estimate of drug-likeness (QED) is 0.275. The third kappa shape index (κ3) is 6.39. The summed E-state index contributed by atoms with van der Waals surface area (Å²) in [7, 11) is 0. The van der Waals surface area contributed by atoms with E-state index < -0.39 is 5.97 Å². The molecule has 2 rings (SSSR count). The van der Waals surface area contributed by atoms with Crippen molar-refractivity contribution < 1.29 is 19.0 Å². The van der Waals surface area contributed by atoms with Crippen molar-refractivity contribution >= 4 is 17.3 Å². The fourth-order valence-corrected chi connectivity index (χ4v) is 1.92. The van der Waals surface area contributed by atoms with Gasteiger partial charge in [-0.1, -0.05) is 6.58 Å². The minimum Gasteiger partial charge on any atom is -0.494 e. The van der Waals surface area contributed by atoms with E-state index in [0.717, 1.165) is 11.4 Å². The van der Waals surface area contributed by atoms with Crippen LogP contribution in [0.15, 0.2) is 70.9 Å². The van der Waals surface area contributed by atoms with Crippen molar-refractivity contribution in [3.8, 4) is 11.5 Å². The average molecular weight is 354 g/mol. The molecule has 0 saturated heterocycles. The molecular weight excluding hydrogens is 332 g/mol. The van der Waals surface area contributed by atoms with E-state index in [1.54, 1.807) is 31.2 Å². The maximum Gasteiger partial charge on any atom is 0.333 e. The number of hydrogen-bond acceptors (Lipinski definition) is 6. The standard InChI is InChI=1S/C20H22N2O4/c1-4-24-18-9-5-16(6-10-18)21-22-17-7-11-19(12-8-17)25-13-14-26-20(23)15(2)3/h5-12H,2,4,13-14H2,1,3H3. The molecule has 0 saturated carbocycles. The summed E-state index contributed by atoms with van der Waals surface area (Å²) in [6, 6.07) is 14.6. The van der Waals surface area contributed by atoms with Crippen LogP contribution in [0.1, 0.15) is 13.8 Å². The summed E-state index contributed by atoms with van der Waals surface area (Å²) < 4.78 is 15.8. The molecule has 0 N–H and O–H groups in total. The second kappa shape index (κ2) is 9.98. The zero-order valence-electron chi connectivity index (χ0n) is 15.0. The molecule has 136 valence electrons. The molecule has 26 heavy (non-hydrogen) atoms. The van der Waals surface area contributed by atoms with E-state index in [2.05, 4.69) is 16.8 Å². The molecule has 0 fully saturated rings. The van der Waals surface area contributed by atoms with Gasteiger partial charge >= 0.3 is 5.97 Å². The predicted octanol–water partition coefficient (Wildman–Crippen LogP) is 5.00. The Morgan fingerprint density at radius 3 is 1.85 bits per heavy atom. The number of carbonyl (C=O) groups is 1. The first-order valence-corrected chi connectivity index (χ1v) is 8.28. The second-order valence-corrected chi connectivity index (χ2v) is 5.39. The molecule has 0 radical (unpaired) electrons. The Hall–Kier alpha value is -3.15. The molecule has 0 aliphatic carbocycles. The molecule has 6 nitrogen and oxygen atoms in total. The number of esters is 1. The predicted molar refractivity (Wildman–Crippen MR) is 99.5 cm³/mol. The van der Waals surface area contributed by atoms with E-state index in [1.165, 1.54) is 0 Å². The van der Waals surface area contributed by atoms with Crippen LogP contribution in [0, 0.1) is 0 Å². The number of carbonyl (C=O) groups excluding carboxylic acids is 1. The van der Waals surface area contributed by atoms with Gasteiger partial charge in [-0.05, 0) is 62.4 Å². The van der Waals surface area contributed by atoms with E-state index in [0.29, 0.717) is 23.6 Å². The molecule has 2 aromatic carbocycles. The molecule has 0 spiro atoms. The molecule has 0 aliphatic rings. The van der Waals surface area contributed by atoms with Gasteiger partial charge in [0.15, 0.2) is 0 Å². The summed E-state index contributed by atoms with van der Waals surface area (Å²) in [6.07, 6.45) is 0. The number of azo groups is 1. The van der Waals surface area contributed by atoms with Gasteiger partial charge in [-0.25, -0.2) is 4.79 Å². The van der Waals surface area contributed by atoms with Crippen molar-refractivity contribution in [2.24, 2.45) is 10.2 Å². The molecule has 0 bridgehead atoms. The monoisotopic (exact) mass is 354 g/mol. The van der Waals surface area contributed by atoms with E-state index in [1.807, 2.05) is 31.2 Å². The number of nitrogens with zero attached hydrogens (tertiary/aromatic N) is 2. The van der Waals surface area contributed by atoms with Crippen LogP contribution in [-0.2, 0) is 9.53 Å². The zero-order valence-corrected chi connectivity index (χ0v) is 15.0. The Balaban J connectivity index is 1.81. The lowest BCUT2D eigenvalue weighted by Gasteiger charge is -2.07. The Labute approximate surface area is 153 Å². The van der Waals surface area contributed by atoms with E-state index in [4.69, 9.17) is 14.2 Å². The molecule has 2 aromatic rings. The smallest absolute Gasteiger partial charge is 0.333 e. The SMILES string of the molecule is C=C(C)C(=O)OCCOc1ccc(N=Nc2ccc(OCC)cc2)cc1. The van der Waals surface area contributed by atoms with E-state index in [-0.39, 0.29) is 13.2 Å². The van der Waals surface area contributed by atoms with Crippen LogP contribution in [0.5, 0.6) is 11.5 Å². The van der Waals surface area contributed by atoms with Crippen LogP contribution in [0.3, 0.4) is 0 Å². The zero-order chi connectivity index (χ0) is 18.8. The summed E-state index contributed by atoms with van der Waals surface area (Å²) >= 11 is 0. The molecule has 0 aromatic heterocycles. The first kappa shape index (κ1) is 19.2. The van der Waals surface area contributed by atoms with Gasteiger partial charge in [0.25, 0.3) is 0 Å². The second-order valence-electron chi connectivity index (χ2n) is 5.39. The van der Waals surface area contributed by atoms with Crippen LogP contribution >= 0.6 is 0 Å². The number of rotatable bonds is 9. The highest BCUT2D eigenvalue weighted by molar-refractivity contribution is 5.86. The molecule has 0 unspecified atom stereocenters. The van der Waals surface area contributed by atoms with Gasteiger partial charge in [-0.3, -0.25) is 0 Å². The average Bonchev–Trinajstić information content (AvgIpc) is 2.65. The van der Waals surface area contributed by atoms with Gasteiger partial charge in [0, 0.05) is 5.57 Å². The van der Waals surface area contributed by atoms with Gasteiger partial charge in [-0.15, -0.1) is 0 Å². The Bertz CT molecular complexity index is 752. The Morgan fingerprint density at radius 2 is 1.38 bits per heavy atom. The molecule has 0 atom stereocenters. The highest BCUT2D eigenvalue weighted by Gasteiger charge is 2.02. The van der Waals surface area contributed by atoms with Crippen molar-refractivity contribution in [1.82, 2.24) is 0 Å². The summed E-state index contributed by atoms with van der Waals surface area (Å²) in [6.45, 7) is 8.13. The molecule has 0 heterocycles. The highest BCUT2D eigenvalue weighted by atomic mass is 16.6. The normalized spacial score (nSPS) is 10.5. The van der Waals surface area contributed by atoms with Crippen molar-refractivity contribution in [2.75, 3.05) is 19.8 Å². The highest BCUT2D eigenvalue weighted by Crippen LogP contribution is 2.23. The van der Waals surface area contributed by atoms with Crippen LogP contribution in [0.4, 0.5) is 11.4 Å². The number of hydrogen-bond donors (Lipinski definition) is 0. The van der Waals surface area contributed by atoms with Crippen LogP contribution in [0.25, 0.3) is 0 Å². The summed E-state index contributed by atoms with van der Waals surface area (Å²) in [5, 5.41) is 8.36. The molecule has 0 aliphatic heterocycles. The third-order valence-electron chi connectivity index (χ3n) is 3.20. The minimum absolute atomic E-state index is 0.172. The topological polar surface area (TPSA) is 69.5 Å². The van der Waals surface area contributed by atoms with Crippen molar-refractivity contribution in [1.29, 1.82) is 0 Å². The molecule has 6 heteroatoms. The lowest BCUT2D eigenvalue weighted by molar-refractivity contribution is -0.139. The third-order valence-corrected chi connectivity index (χ3v) is 3.20. The van der Waals surface area contributed by atoms with Crippen LogP contribution < -0.4 is 9.47 Å². The summed E-state index contributed by atoms with van der Waals surface area (Å²) in [5.74, 6) is 1.05. The van der Waals surface area contributed by atoms with Crippen molar-refractivity contribution in [3.63, 3.8) is 0 Å². The summed E-state index contributed by atoms with van der Waals surface area (Å²) in [5.41, 5.74) is 1.82. The van der Waals surface area contributed by atoms with Crippen molar-refractivity contribution in [2.45, 2.75) is 13.8 Å². The fraction of sp³-hybridized carbons (Fsp3) is 0.250. The van der Waals surface area contributed by atoms with E-state index >= 15 is 0 Å². The van der Waals surface area contributed by atoms with Gasteiger partial charge in [0.2, 0.25) is 0 Å². The first-order valence-electron chi connectivity index (χ1n) is 8.28.